The first kappa shape index (κ1) is 15.5. The SMILES string of the molecule is COc1ccc(C(CC(=O)O)N(C)C)cc1C(C)C. The van der Waals surface area contributed by atoms with Crippen molar-refractivity contribution in [3.05, 3.63) is 29.3 Å². The zero-order chi connectivity index (χ0) is 14.6. The lowest BCUT2D eigenvalue weighted by Gasteiger charge is -2.24. The Balaban J connectivity index is 3.17. The first-order chi connectivity index (χ1) is 8.86. The fourth-order valence-corrected chi connectivity index (χ4v) is 2.18. The van der Waals surface area contributed by atoms with E-state index in [0.717, 1.165) is 16.9 Å². The Labute approximate surface area is 115 Å². The summed E-state index contributed by atoms with van der Waals surface area (Å²) >= 11 is 0. The number of carbonyl (C=O) groups is 1. The van der Waals surface area contributed by atoms with Crippen molar-refractivity contribution in [2.75, 3.05) is 21.2 Å². The molecule has 0 radical (unpaired) electrons. The molecule has 0 spiro atoms. The molecule has 0 amide bonds. The van der Waals surface area contributed by atoms with E-state index in [2.05, 4.69) is 19.9 Å². The van der Waals surface area contributed by atoms with Gasteiger partial charge in [0.1, 0.15) is 5.75 Å². The van der Waals surface area contributed by atoms with Crippen LogP contribution in [-0.4, -0.2) is 37.2 Å². The van der Waals surface area contributed by atoms with Crippen LogP contribution in [0.2, 0.25) is 0 Å². The van der Waals surface area contributed by atoms with Crippen molar-refractivity contribution >= 4 is 5.97 Å². The van der Waals surface area contributed by atoms with Crippen molar-refractivity contribution in [1.29, 1.82) is 0 Å². The van der Waals surface area contributed by atoms with Crippen LogP contribution in [0.3, 0.4) is 0 Å². The van der Waals surface area contributed by atoms with E-state index in [9.17, 15) is 4.79 Å². The molecule has 0 aromatic heterocycles. The summed E-state index contributed by atoms with van der Waals surface area (Å²) in [7, 11) is 5.45. The summed E-state index contributed by atoms with van der Waals surface area (Å²) in [4.78, 5) is 12.9. The minimum atomic E-state index is -0.791. The van der Waals surface area contributed by atoms with E-state index in [1.807, 2.05) is 31.1 Å². The molecule has 4 nitrogen and oxygen atoms in total. The van der Waals surface area contributed by atoms with Crippen molar-refractivity contribution < 1.29 is 14.6 Å². The van der Waals surface area contributed by atoms with Gasteiger partial charge in [-0.25, -0.2) is 0 Å². The van der Waals surface area contributed by atoms with Gasteiger partial charge in [-0.05, 0) is 37.2 Å². The third-order valence-corrected chi connectivity index (χ3v) is 3.25. The number of hydrogen-bond acceptors (Lipinski definition) is 3. The van der Waals surface area contributed by atoms with Gasteiger partial charge in [-0.3, -0.25) is 4.79 Å². The van der Waals surface area contributed by atoms with Crippen LogP contribution in [-0.2, 0) is 4.79 Å². The maximum absolute atomic E-state index is 11.0. The molecular formula is C15H23NO3. The summed E-state index contributed by atoms with van der Waals surface area (Å²) in [5.41, 5.74) is 2.12. The van der Waals surface area contributed by atoms with Crippen LogP contribution < -0.4 is 4.74 Å². The normalized spacial score (nSPS) is 12.8. The van der Waals surface area contributed by atoms with Crippen LogP contribution in [0.15, 0.2) is 18.2 Å². The number of carboxylic acid groups (broad SMARTS) is 1. The Hall–Kier alpha value is -1.55. The topological polar surface area (TPSA) is 49.8 Å². The Morgan fingerprint density at radius 3 is 2.42 bits per heavy atom. The average Bonchev–Trinajstić information content (AvgIpc) is 2.34. The van der Waals surface area contributed by atoms with Gasteiger partial charge in [0.2, 0.25) is 0 Å². The molecule has 0 fully saturated rings. The van der Waals surface area contributed by atoms with Crippen LogP contribution in [0, 0.1) is 0 Å². The van der Waals surface area contributed by atoms with Gasteiger partial charge in [0, 0.05) is 6.04 Å². The van der Waals surface area contributed by atoms with Gasteiger partial charge in [-0.15, -0.1) is 0 Å². The monoisotopic (exact) mass is 265 g/mol. The van der Waals surface area contributed by atoms with E-state index in [0.29, 0.717) is 5.92 Å². The molecular weight excluding hydrogens is 242 g/mol. The average molecular weight is 265 g/mol. The van der Waals surface area contributed by atoms with Gasteiger partial charge in [0.15, 0.2) is 0 Å². The molecule has 0 saturated heterocycles. The molecule has 1 unspecified atom stereocenters. The number of aliphatic carboxylic acids is 1. The van der Waals surface area contributed by atoms with Crippen LogP contribution >= 0.6 is 0 Å². The highest BCUT2D eigenvalue weighted by Gasteiger charge is 2.19. The molecule has 0 heterocycles. The van der Waals surface area contributed by atoms with Crippen molar-refractivity contribution in [1.82, 2.24) is 4.90 Å². The lowest BCUT2D eigenvalue weighted by Crippen LogP contribution is -2.23. The molecule has 0 aliphatic heterocycles. The molecule has 1 aromatic rings. The zero-order valence-electron chi connectivity index (χ0n) is 12.3. The fourth-order valence-electron chi connectivity index (χ4n) is 2.18. The number of benzene rings is 1. The Kier molecular flexibility index (Phi) is 5.36. The molecule has 1 atom stereocenters. The molecule has 1 aromatic carbocycles. The highest BCUT2D eigenvalue weighted by Crippen LogP contribution is 2.31. The molecule has 0 aliphatic rings. The minimum absolute atomic E-state index is 0.0941. The van der Waals surface area contributed by atoms with Gasteiger partial charge in [0.05, 0.1) is 13.5 Å². The van der Waals surface area contributed by atoms with Crippen LogP contribution in [0.5, 0.6) is 5.75 Å². The predicted octanol–water partition coefficient (Wildman–Crippen LogP) is 2.90. The van der Waals surface area contributed by atoms with E-state index >= 15 is 0 Å². The lowest BCUT2D eigenvalue weighted by molar-refractivity contribution is -0.138. The van der Waals surface area contributed by atoms with Crippen LogP contribution in [0.4, 0.5) is 0 Å². The third-order valence-electron chi connectivity index (χ3n) is 3.25. The smallest absolute Gasteiger partial charge is 0.305 e. The van der Waals surface area contributed by atoms with Gasteiger partial charge in [-0.2, -0.15) is 0 Å². The molecule has 0 saturated carbocycles. The molecule has 1 N–H and O–H groups in total. The first-order valence-electron chi connectivity index (χ1n) is 6.42. The predicted molar refractivity (Wildman–Crippen MR) is 75.8 cm³/mol. The van der Waals surface area contributed by atoms with Gasteiger partial charge in [0.25, 0.3) is 0 Å². The summed E-state index contributed by atoms with van der Waals surface area (Å²) in [6, 6.07) is 5.79. The van der Waals surface area contributed by atoms with Crippen molar-refractivity contribution in [2.45, 2.75) is 32.2 Å². The summed E-state index contributed by atoms with van der Waals surface area (Å²) < 4.78 is 5.35. The van der Waals surface area contributed by atoms with Gasteiger partial charge in [-0.1, -0.05) is 26.0 Å². The number of ether oxygens (including phenoxy) is 1. The molecule has 106 valence electrons. The van der Waals surface area contributed by atoms with E-state index in [4.69, 9.17) is 9.84 Å². The first-order valence-corrected chi connectivity index (χ1v) is 6.42. The second kappa shape index (κ2) is 6.57. The van der Waals surface area contributed by atoms with E-state index in [1.54, 1.807) is 7.11 Å². The van der Waals surface area contributed by atoms with E-state index < -0.39 is 5.97 Å². The number of hydrogen-bond donors (Lipinski definition) is 1. The van der Waals surface area contributed by atoms with Crippen molar-refractivity contribution in [3.8, 4) is 5.75 Å². The number of nitrogens with zero attached hydrogens (tertiary/aromatic N) is 1. The second-order valence-corrected chi connectivity index (χ2v) is 5.23. The van der Waals surface area contributed by atoms with Crippen molar-refractivity contribution in [2.24, 2.45) is 0 Å². The Morgan fingerprint density at radius 2 is 2.00 bits per heavy atom. The maximum atomic E-state index is 11.0. The summed E-state index contributed by atoms with van der Waals surface area (Å²) in [5, 5.41) is 9.02. The lowest BCUT2D eigenvalue weighted by atomic mass is 9.95. The third kappa shape index (κ3) is 3.96. The maximum Gasteiger partial charge on any atom is 0.305 e. The Bertz CT molecular complexity index is 441. The number of rotatable bonds is 6. The van der Waals surface area contributed by atoms with E-state index in [1.165, 1.54) is 0 Å². The fraction of sp³-hybridized carbons (Fsp3) is 0.533. The highest BCUT2D eigenvalue weighted by atomic mass is 16.5. The minimum Gasteiger partial charge on any atom is -0.496 e. The quantitative estimate of drug-likeness (QED) is 0.859. The number of carboxylic acids is 1. The summed E-state index contributed by atoms with van der Waals surface area (Å²) in [6.45, 7) is 4.20. The van der Waals surface area contributed by atoms with Crippen LogP contribution in [0.25, 0.3) is 0 Å². The molecule has 0 aliphatic carbocycles. The molecule has 0 bridgehead atoms. The Morgan fingerprint density at radius 1 is 1.37 bits per heavy atom. The van der Waals surface area contributed by atoms with Gasteiger partial charge < -0.3 is 14.7 Å². The van der Waals surface area contributed by atoms with Crippen molar-refractivity contribution in [3.63, 3.8) is 0 Å². The zero-order valence-corrected chi connectivity index (χ0v) is 12.3. The van der Waals surface area contributed by atoms with Crippen LogP contribution in [0.1, 0.15) is 43.4 Å². The van der Waals surface area contributed by atoms with E-state index in [-0.39, 0.29) is 12.5 Å². The largest absolute Gasteiger partial charge is 0.496 e. The molecule has 1 rings (SSSR count). The summed E-state index contributed by atoms with van der Waals surface area (Å²) in [6.07, 6.45) is 0.0941. The van der Waals surface area contributed by atoms with Gasteiger partial charge >= 0.3 is 5.97 Å². The number of methoxy groups -OCH3 is 1. The second-order valence-electron chi connectivity index (χ2n) is 5.23. The highest BCUT2D eigenvalue weighted by molar-refractivity contribution is 5.68. The molecule has 19 heavy (non-hydrogen) atoms. The standard InChI is InChI=1S/C15H23NO3/c1-10(2)12-8-11(6-7-14(12)19-5)13(16(3)4)9-15(17)18/h6-8,10,13H,9H2,1-5H3,(H,17,18). The molecule has 4 heteroatoms. The summed E-state index contributed by atoms with van der Waals surface area (Å²) in [5.74, 6) is 0.398.